The van der Waals surface area contributed by atoms with Crippen LogP contribution in [-0.2, 0) is 17.8 Å². The molecule has 0 aliphatic carbocycles. The van der Waals surface area contributed by atoms with Gasteiger partial charge in [-0.1, -0.05) is 30.3 Å². The topological polar surface area (TPSA) is 56.2 Å². The number of ether oxygens (including phenoxy) is 1. The summed E-state index contributed by atoms with van der Waals surface area (Å²) in [6.07, 6.45) is 0.0367. The molecular weight excluding hydrogens is 535 g/mol. The molecule has 1 aromatic carbocycles. The fraction of sp³-hybridized carbons (Fsp3) is 0.565. The highest BCUT2D eigenvalue weighted by molar-refractivity contribution is 14.0. The zero-order valence-corrected chi connectivity index (χ0v) is 22.8. The van der Waals surface area contributed by atoms with E-state index in [-0.39, 0.29) is 30.1 Å². The Labute approximate surface area is 213 Å². The minimum atomic E-state index is 0. The van der Waals surface area contributed by atoms with Gasteiger partial charge in [0.2, 0.25) is 0 Å². The molecule has 32 heavy (non-hydrogen) atoms. The average molecular weight is 573 g/mol. The van der Waals surface area contributed by atoms with Crippen LogP contribution in [0, 0.1) is 0 Å². The van der Waals surface area contributed by atoms with Crippen LogP contribution in [-0.4, -0.2) is 86.1 Å². The van der Waals surface area contributed by atoms with Crippen LogP contribution in [0.2, 0.25) is 0 Å². The van der Waals surface area contributed by atoms with Gasteiger partial charge in [-0.05, 0) is 12.5 Å². The molecule has 1 aliphatic heterocycles. The number of guanidine groups is 1. The SMILES string of the molecule is CN=C(NCCN1CCN(Cc2ccccc2)CC1)N(C)Cc1csc(C(C)OC)n1.I. The molecule has 1 unspecified atom stereocenters. The minimum absolute atomic E-state index is 0. The van der Waals surface area contributed by atoms with Crippen LogP contribution in [0.25, 0.3) is 0 Å². The van der Waals surface area contributed by atoms with Gasteiger partial charge in [-0.25, -0.2) is 4.98 Å². The number of piperazine rings is 1. The first-order valence-corrected chi connectivity index (χ1v) is 11.8. The molecule has 0 saturated carbocycles. The van der Waals surface area contributed by atoms with E-state index in [1.165, 1.54) is 5.56 Å². The fourth-order valence-corrected chi connectivity index (χ4v) is 4.57. The predicted molar refractivity (Wildman–Crippen MR) is 144 cm³/mol. The van der Waals surface area contributed by atoms with Crippen LogP contribution in [0.4, 0.5) is 0 Å². The van der Waals surface area contributed by atoms with Crippen molar-refractivity contribution in [3.05, 3.63) is 52.0 Å². The van der Waals surface area contributed by atoms with Gasteiger partial charge in [-0.2, -0.15) is 0 Å². The van der Waals surface area contributed by atoms with Crippen molar-refractivity contribution in [2.75, 3.05) is 60.5 Å². The first-order valence-electron chi connectivity index (χ1n) is 11.0. The van der Waals surface area contributed by atoms with E-state index in [2.05, 4.69) is 72.8 Å². The number of rotatable bonds is 9. The highest BCUT2D eigenvalue weighted by Crippen LogP contribution is 2.20. The number of benzene rings is 1. The molecule has 9 heteroatoms. The summed E-state index contributed by atoms with van der Waals surface area (Å²) in [7, 11) is 5.60. The molecule has 1 aliphatic rings. The molecular formula is C23H37IN6OS. The van der Waals surface area contributed by atoms with Crippen LogP contribution in [0.5, 0.6) is 0 Å². The normalized spacial score (nSPS) is 16.4. The van der Waals surface area contributed by atoms with Gasteiger partial charge in [0.25, 0.3) is 0 Å². The third kappa shape index (κ3) is 8.26. The maximum Gasteiger partial charge on any atom is 0.193 e. The van der Waals surface area contributed by atoms with Crippen LogP contribution in [0.3, 0.4) is 0 Å². The Kier molecular flexibility index (Phi) is 11.9. The summed E-state index contributed by atoms with van der Waals surface area (Å²) in [5, 5.41) is 6.61. The molecule has 2 aromatic rings. The second-order valence-electron chi connectivity index (χ2n) is 7.99. The largest absolute Gasteiger partial charge is 0.375 e. The number of hydrogen-bond donors (Lipinski definition) is 1. The summed E-state index contributed by atoms with van der Waals surface area (Å²) in [4.78, 5) is 16.3. The van der Waals surface area contributed by atoms with Gasteiger partial charge in [-0.15, -0.1) is 35.3 Å². The number of hydrogen-bond acceptors (Lipinski definition) is 6. The molecule has 1 N–H and O–H groups in total. The highest BCUT2D eigenvalue weighted by Gasteiger charge is 2.17. The van der Waals surface area contributed by atoms with Gasteiger partial charge in [-0.3, -0.25) is 14.8 Å². The Morgan fingerprint density at radius 2 is 1.91 bits per heavy atom. The lowest BCUT2D eigenvalue weighted by Gasteiger charge is -2.35. The van der Waals surface area contributed by atoms with E-state index in [0.29, 0.717) is 0 Å². The highest BCUT2D eigenvalue weighted by atomic mass is 127. The summed E-state index contributed by atoms with van der Waals surface area (Å²) in [6.45, 7) is 10.2. The second-order valence-corrected chi connectivity index (χ2v) is 8.88. The van der Waals surface area contributed by atoms with Crippen LogP contribution in [0.15, 0.2) is 40.7 Å². The minimum Gasteiger partial charge on any atom is -0.375 e. The number of thiazole rings is 1. The Bertz CT molecular complexity index is 810. The number of aliphatic imine (C=N–C) groups is 1. The number of aromatic nitrogens is 1. The van der Waals surface area contributed by atoms with E-state index >= 15 is 0 Å². The van der Waals surface area contributed by atoms with E-state index in [0.717, 1.165) is 69.0 Å². The average Bonchev–Trinajstić information content (AvgIpc) is 3.26. The second kappa shape index (κ2) is 14.1. The molecule has 0 spiro atoms. The number of halogens is 1. The summed E-state index contributed by atoms with van der Waals surface area (Å²) >= 11 is 1.65. The maximum atomic E-state index is 5.36. The molecule has 1 atom stereocenters. The Morgan fingerprint density at radius 1 is 1.22 bits per heavy atom. The van der Waals surface area contributed by atoms with Gasteiger partial charge in [0.15, 0.2) is 5.96 Å². The van der Waals surface area contributed by atoms with Gasteiger partial charge < -0.3 is 15.0 Å². The van der Waals surface area contributed by atoms with Crippen molar-refractivity contribution in [2.24, 2.45) is 4.99 Å². The van der Waals surface area contributed by atoms with E-state index in [9.17, 15) is 0 Å². The van der Waals surface area contributed by atoms with Gasteiger partial charge in [0.1, 0.15) is 11.1 Å². The molecule has 1 aromatic heterocycles. The maximum absolute atomic E-state index is 5.36. The van der Waals surface area contributed by atoms with E-state index < -0.39 is 0 Å². The monoisotopic (exact) mass is 572 g/mol. The lowest BCUT2D eigenvalue weighted by Crippen LogP contribution is -2.49. The standard InChI is InChI=1S/C23H36N6OS.HI/c1-19(30-4)22-26-21(18-31-22)17-27(3)23(24-2)25-10-11-28-12-14-29(15-13-28)16-20-8-6-5-7-9-20;/h5-9,18-19H,10-17H2,1-4H3,(H,24,25);1H. The molecule has 178 valence electrons. The zero-order valence-electron chi connectivity index (χ0n) is 19.7. The van der Waals surface area contributed by atoms with Crippen LogP contribution in [0.1, 0.15) is 29.3 Å². The molecule has 7 nitrogen and oxygen atoms in total. The summed E-state index contributed by atoms with van der Waals surface area (Å²) in [5.41, 5.74) is 2.44. The van der Waals surface area contributed by atoms with Crippen molar-refractivity contribution in [1.29, 1.82) is 0 Å². The van der Waals surface area contributed by atoms with Crippen molar-refractivity contribution in [3.63, 3.8) is 0 Å². The lowest BCUT2D eigenvalue weighted by molar-refractivity contribution is 0.119. The van der Waals surface area contributed by atoms with E-state index in [1.54, 1.807) is 18.4 Å². The summed E-state index contributed by atoms with van der Waals surface area (Å²) in [5.74, 6) is 0.900. The number of nitrogens with zero attached hydrogens (tertiary/aromatic N) is 5. The molecule has 3 rings (SSSR count). The van der Waals surface area contributed by atoms with E-state index in [1.807, 2.05) is 14.0 Å². The Hall–Kier alpha value is -1.27. The van der Waals surface area contributed by atoms with Crippen molar-refractivity contribution in [1.82, 2.24) is 25.0 Å². The lowest BCUT2D eigenvalue weighted by atomic mass is 10.2. The third-order valence-corrected chi connectivity index (χ3v) is 6.72. The smallest absolute Gasteiger partial charge is 0.193 e. The molecule has 0 radical (unpaired) electrons. The molecule has 0 amide bonds. The first kappa shape index (κ1) is 27.0. The molecule has 1 saturated heterocycles. The van der Waals surface area contributed by atoms with Crippen molar-refractivity contribution in [3.8, 4) is 0 Å². The van der Waals surface area contributed by atoms with Crippen LogP contribution >= 0.6 is 35.3 Å². The first-order chi connectivity index (χ1) is 15.1. The number of nitrogens with one attached hydrogen (secondary N) is 1. The van der Waals surface area contributed by atoms with Crippen molar-refractivity contribution < 1.29 is 4.74 Å². The van der Waals surface area contributed by atoms with Gasteiger partial charge in [0.05, 0.1) is 12.2 Å². The number of methoxy groups -OCH3 is 1. The zero-order chi connectivity index (χ0) is 22.1. The van der Waals surface area contributed by atoms with E-state index in [4.69, 9.17) is 4.74 Å². The Balaban J connectivity index is 0.00000363. The third-order valence-electron chi connectivity index (χ3n) is 5.67. The fourth-order valence-electron chi connectivity index (χ4n) is 3.72. The van der Waals surface area contributed by atoms with Crippen molar-refractivity contribution >= 4 is 41.3 Å². The Morgan fingerprint density at radius 3 is 2.56 bits per heavy atom. The molecule has 1 fully saturated rings. The van der Waals surface area contributed by atoms with Gasteiger partial charge in [0, 0.05) is 72.4 Å². The van der Waals surface area contributed by atoms with Gasteiger partial charge >= 0.3 is 0 Å². The predicted octanol–water partition coefficient (Wildman–Crippen LogP) is 3.29. The summed E-state index contributed by atoms with van der Waals surface area (Å²) in [6, 6.07) is 10.7. The summed E-state index contributed by atoms with van der Waals surface area (Å²) < 4.78 is 5.36. The quantitative estimate of drug-likeness (QED) is 0.283. The molecule has 2 heterocycles. The molecule has 0 bridgehead atoms. The van der Waals surface area contributed by atoms with Crippen molar-refractivity contribution in [2.45, 2.75) is 26.1 Å². The van der Waals surface area contributed by atoms with Crippen LogP contribution < -0.4 is 5.32 Å².